The number of hydrogen-bond donors (Lipinski definition) is 1. The highest BCUT2D eigenvalue weighted by atomic mass is 79.9. The van der Waals surface area contributed by atoms with Gasteiger partial charge in [0.2, 0.25) is 0 Å². The molecule has 2 heterocycles. The van der Waals surface area contributed by atoms with E-state index in [2.05, 4.69) is 21.2 Å². The number of nitrogens with one attached hydrogen (secondary N) is 1. The summed E-state index contributed by atoms with van der Waals surface area (Å²) in [5.74, 6) is 0.786. The van der Waals surface area contributed by atoms with E-state index in [1.807, 2.05) is 18.2 Å². The van der Waals surface area contributed by atoms with Crippen molar-refractivity contribution in [2.75, 3.05) is 20.8 Å². The van der Waals surface area contributed by atoms with Crippen molar-refractivity contribution in [2.24, 2.45) is 0 Å². The molecule has 1 N–H and O–H groups in total. The van der Waals surface area contributed by atoms with Crippen LogP contribution >= 0.6 is 27.5 Å². The smallest absolute Gasteiger partial charge is 0.333 e. The molecule has 0 fully saturated rings. The minimum atomic E-state index is -0.383. The first-order valence-electron chi connectivity index (χ1n) is 13.5. The van der Waals surface area contributed by atoms with Gasteiger partial charge in [0.25, 0.3) is 11.8 Å². The molecule has 2 amide bonds. The van der Waals surface area contributed by atoms with Crippen molar-refractivity contribution in [2.45, 2.75) is 32.0 Å². The van der Waals surface area contributed by atoms with Crippen LogP contribution in [0.25, 0.3) is 5.69 Å². The number of hydrogen-bond acceptors (Lipinski definition) is 5. The minimum Gasteiger partial charge on any atom is -0.497 e. The lowest BCUT2D eigenvalue weighted by Crippen LogP contribution is -2.41. The minimum absolute atomic E-state index is 0.0894. The highest BCUT2D eigenvalue weighted by molar-refractivity contribution is 9.10. The molecule has 1 aliphatic heterocycles. The van der Waals surface area contributed by atoms with E-state index in [4.69, 9.17) is 21.1 Å². The van der Waals surface area contributed by atoms with Crippen molar-refractivity contribution in [1.29, 1.82) is 0 Å². The summed E-state index contributed by atoms with van der Waals surface area (Å²) in [7, 11) is 3.19. The van der Waals surface area contributed by atoms with E-state index < -0.39 is 0 Å². The Morgan fingerprint density at radius 1 is 0.976 bits per heavy atom. The van der Waals surface area contributed by atoms with Crippen LogP contribution in [0.1, 0.15) is 50.1 Å². The average Bonchev–Trinajstić information content (AvgIpc) is 3.55. The van der Waals surface area contributed by atoms with Crippen LogP contribution in [0.3, 0.4) is 0 Å². The van der Waals surface area contributed by atoms with E-state index in [-0.39, 0.29) is 42.3 Å². The molecule has 1 aliphatic carbocycles. The Morgan fingerprint density at radius 2 is 1.71 bits per heavy atom. The topological polar surface area (TPSA) is 94.8 Å². The van der Waals surface area contributed by atoms with E-state index in [0.717, 1.165) is 29.7 Å². The number of fused-ring (bicyclic) bond motifs is 2. The van der Waals surface area contributed by atoms with Gasteiger partial charge in [-0.1, -0.05) is 17.7 Å². The standard InChI is InChI=1S/C31H28BrClN4O5/c1-41-21-7-5-20(6-8-21)37-28(29(38)34-26-12-4-18-15-22(42-2)9-10-23(18)26)27-17-35(13-14-36(27)31(37)40)30(39)19-3-11-24(32)25(33)16-19/h3,5-11,15-16,26H,4,12-14,17H2,1-2H3,(H,34,38). The molecule has 0 radical (unpaired) electrons. The molecule has 11 heteroatoms. The van der Waals surface area contributed by atoms with Crippen LogP contribution < -0.4 is 20.5 Å². The summed E-state index contributed by atoms with van der Waals surface area (Å²) in [5.41, 5.74) is 3.45. The molecule has 0 bridgehead atoms. The first kappa shape index (κ1) is 28.1. The molecule has 0 spiro atoms. The number of amides is 2. The number of rotatable bonds is 6. The molecule has 3 aromatic carbocycles. The number of nitrogens with zero attached hydrogens (tertiary/aromatic N) is 3. The molecule has 2 aliphatic rings. The summed E-state index contributed by atoms with van der Waals surface area (Å²) < 4.78 is 14.4. The largest absolute Gasteiger partial charge is 0.497 e. The number of ether oxygens (including phenoxy) is 2. The van der Waals surface area contributed by atoms with Gasteiger partial charge in [-0.2, -0.15) is 0 Å². The van der Waals surface area contributed by atoms with Crippen LogP contribution in [0.5, 0.6) is 11.5 Å². The second kappa shape index (κ2) is 11.3. The fraction of sp³-hybridized carbons (Fsp3) is 0.258. The molecule has 0 saturated heterocycles. The predicted octanol–water partition coefficient (Wildman–Crippen LogP) is 5.15. The Bertz CT molecular complexity index is 1760. The van der Waals surface area contributed by atoms with E-state index in [0.29, 0.717) is 38.7 Å². The number of benzene rings is 3. The normalized spacial score (nSPS) is 15.6. The summed E-state index contributed by atoms with van der Waals surface area (Å²) in [6.45, 7) is 0.650. The first-order chi connectivity index (χ1) is 20.3. The second-order valence-electron chi connectivity index (χ2n) is 10.2. The molecular weight excluding hydrogens is 624 g/mol. The Balaban J connectivity index is 1.39. The van der Waals surface area contributed by atoms with Crippen molar-refractivity contribution in [1.82, 2.24) is 19.4 Å². The molecule has 0 saturated carbocycles. The Labute approximate surface area is 255 Å². The Kier molecular flexibility index (Phi) is 7.59. The zero-order valence-electron chi connectivity index (χ0n) is 23.0. The second-order valence-corrected chi connectivity index (χ2v) is 11.5. The van der Waals surface area contributed by atoms with Crippen LogP contribution in [0, 0.1) is 0 Å². The maximum atomic E-state index is 14.1. The highest BCUT2D eigenvalue weighted by Crippen LogP contribution is 2.34. The van der Waals surface area contributed by atoms with Gasteiger partial charge in [0.1, 0.15) is 17.2 Å². The Hall–Kier alpha value is -4.02. The van der Waals surface area contributed by atoms with Gasteiger partial charge in [-0.3, -0.25) is 18.7 Å². The van der Waals surface area contributed by atoms with E-state index in [9.17, 15) is 14.4 Å². The molecule has 9 nitrogen and oxygen atoms in total. The SMILES string of the molecule is COc1ccc(-n2c(C(=O)NC3CCc4cc(OC)ccc43)c3n(c2=O)CCN(C(=O)c2ccc(Br)c(Cl)c2)C3)cc1. The quantitative estimate of drug-likeness (QED) is 0.312. The van der Waals surface area contributed by atoms with Gasteiger partial charge in [-0.15, -0.1) is 0 Å². The van der Waals surface area contributed by atoms with Gasteiger partial charge in [-0.05, 0) is 94.5 Å². The molecule has 6 rings (SSSR count). The van der Waals surface area contributed by atoms with Crippen LogP contribution in [-0.2, 0) is 19.5 Å². The van der Waals surface area contributed by atoms with E-state index >= 15 is 0 Å². The van der Waals surface area contributed by atoms with Gasteiger partial charge in [0, 0.05) is 23.1 Å². The zero-order valence-corrected chi connectivity index (χ0v) is 25.4. The zero-order chi connectivity index (χ0) is 29.5. The van der Waals surface area contributed by atoms with Crippen molar-refractivity contribution < 1.29 is 19.1 Å². The van der Waals surface area contributed by atoms with E-state index in [1.165, 1.54) is 4.57 Å². The van der Waals surface area contributed by atoms with Gasteiger partial charge in [0.05, 0.1) is 43.2 Å². The average molecular weight is 652 g/mol. The number of carbonyl (C=O) groups is 2. The van der Waals surface area contributed by atoms with Crippen molar-refractivity contribution in [3.63, 3.8) is 0 Å². The number of aryl methyl sites for hydroxylation is 1. The number of imidazole rings is 1. The maximum absolute atomic E-state index is 14.1. The number of methoxy groups -OCH3 is 2. The van der Waals surface area contributed by atoms with Gasteiger partial charge < -0.3 is 19.7 Å². The maximum Gasteiger partial charge on any atom is 0.333 e. The monoisotopic (exact) mass is 650 g/mol. The molecule has 4 aromatic rings. The number of halogens is 2. The molecular formula is C31H28BrClN4O5. The van der Waals surface area contributed by atoms with Gasteiger partial charge >= 0.3 is 5.69 Å². The van der Waals surface area contributed by atoms with Gasteiger partial charge in [-0.25, -0.2) is 4.79 Å². The number of carbonyl (C=O) groups excluding carboxylic acids is 2. The fourth-order valence-corrected chi connectivity index (χ4v) is 6.17. The Morgan fingerprint density at radius 3 is 2.43 bits per heavy atom. The third kappa shape index (κ3) is 4.98. The van der Waals surface area contributed by atoms with Crippen molar-refractivity contribution >= 4 is 39.3 Å². The summed E-state index contributed by atoms with van der Waals surface area (Å²) in [5, 5.41) is 3.60. The van der Waals surface area contributed by atoms with Crippen molar-refractivity contribution in [3.05, 3.63) is 109 Å². The van der Waals surface area contributed by atoms with Crippen molar-refractivity contribution in [3.8, 4) is 17.2 Å². The third-order valence-electron chi connectivity index (χ3n) is 7.91. The van der Waals surface area contributed by atoms with E-state index in [1.54, 1.807) is 66.2 Å². The lowest BCUT2D eigenvalue weighted by molar-refractivity contribution is 0.0706. The molecule has 1 atom stereocenters. The van der Waals surface area contributed by atoms with Crippen LogP contribution in [0.15, 0.2) is 69.9 Å². The highest BCUT2D eigenvalue weighted by Gasteiger charge is 2.34. The third-order valence-corrected chi connectivity index (χ3v) is 9.14. The summed E-state index contributed by atoms with van der Waals surface area (Å²) in [4.78, 5) is 43.0. The van der Waals surface area contributed by atoms with Crippen LogP contribution in [-0.4, -0.2) is 46.6 Å². The van der Waals surface area contributed by atoms with Crippen LogP contribution in [0.4, 0.5) is 0 Å². The predicted molar refractivity (Wildman–Crippen MR) is 162 cm³/mol. The molecule has 1 unspecified atom stereocenters. The lowest BCUT2D eigenvalue weighted by atomic mass is 10.1. The summed E-state index contributed by atoms with van der Waals surface area (Å²) in [6.07, 6.45) is 1.53. The fourth-order valence-electron chi connectivity index (χ4n) is 5.75. The first-order valence-corrected chi connectivity index (χ1v) is 14.7. The number of aromatic nitrogens is 2. The van der Waals surface area contributed by atoms with Gasteiger partial charge in [0.15, 0.2) is 0 Å². The molecule has 1 aromatic heterocycles. The molecule has 42 heavy (non-hydrogen) atoms. The molecule has 216 valence electrons. The summed E-state index contributed by atoms with van der Waals surface area (Å²) in [6, 6.07) is 17.6. The lowest BCUT2D eigenvalue weighted by Gasteiger charge is -2.28. The van der Waals surface area contributed by atoms with Crippen LogP contribution in [0.2, 0.25) is 5.02 Å². The summed E-state index contributed by atoms with van der Waals surface area (Å²) >= 11 is 9.62.